The van der Waals surface area contributed by atoms with E-state index in [2.05, 4.69) is 20.4 Å². The first-order chi connectivity index (χ1) is 12.0. The lowest BCUT2D eigenvalue weighted by Crippen LogP contribution is -2.07. The van der Waals surface area contributed by atoms with E-state index in [-0.39, 0.29) is 5.69 Å². The molecule has 3 rings (SSSR count). The van der Waals surface area contributed by atoms with Crippen LogP contribution in [-0.2, 0) is 20.5 Å². The fourth-order valence-corrected chi connectivity index (χ4v) is 3.03. The summed E-state index contributed by atoms with van der Waals surface area (Å²) in [7, 11) is 3.42. The molecule has 0 saturated heterocycles. The zero-order valence-electron chi connectivity index (χ0n) is 14.1. The molecule has 0 aliphatic rings. The van der Waals surface area contributed by atoms with Gasteiger partial charge in [-0.3, -0.25) is 0 Å². The molecule has 0 radical (unpaired) electrons. The first-order valence-corrected chi connectivity index (χ1v) is 7.65. The van der Waals surface area contributed by atoms with Gasteiger partial charge in [0, 0.05) is 30.9 Å². The van der Waals surface area contributed by atoms with Crippen molar-refractivity contribution in [2.75, 3.05) is 0 Å². The maximum absolute atomic E-state index is 11.8. The van der Waals surface area contributed by atoms with Gasteiger partial charge < -0.3 is 9.67 Å². The number of carboxylic acid groups (broad SMARTS) is 1. The lowest BCUT2D eigenvalue weighted by molar-refractivity contribution is 0.0687. The summed E-state index contributed by atoms with van der Waals surface area (Å²) >= 11 is 0. The SMILES string of the molecule is [C-]#[N+]c1c(-c2ccc(-c3nnnn3C)cc2)c(C(=O)O)n(C)c1CC. The van der Waals surface area contributed by atoms with Gasteiger partial charge in [-0.25, -0.2) is 14.3 Å². The van der Waals surface area contributed by atoms with Gasteiger partial charge in [0.05, 0.1) is 6.57 Å². The molecule has 0 amide bonds. The van der Waals surface area contributed by atoms with Crippen LogP contribution < -0.4 is 0 Å². The Labute approximate surface area is 144 Å². The van der Waals surface area contributed by atoms with Gasteiger partial charge in [0.15, 0.2) is 5.82 Å². The van der Waals surface area contributed by atoms with Crippen LogP contribution in [0.2, 0.25) is 0 Å². The molecule has 0 atom stereocenters. The Kier molecular flexibility index (Phi) is 4.07. The highest BCUT2D eigenvalue weighted by atomic mass is 16.4. The van der Waals surface area contributed by atoms with E-state index in [1.807, 2.05) is 19.1 Å². The summed E-state index contributed by atoms with van der Waals surface area (Å²) in [6.07, 6.45) is 0.581. The molecule has 1 N–H and O–H groups in total. The number of nitrogens with zero attached hydrogens (tertiary/aromatic N) is 6. The molecular formula is C17H16N6O2. The second-order valence-electron chi connectivity index (χ2n) is 5.55. The van der Waals surface area contributed by atoms with E-state index in [0.717, 1.165) is 5.56 Å². The standard InChI is InChI=1S/C17H16N6O2/c1-5-12-14(18-2)13(15(17(24)25)22(12)3)10-6-8-11(9-7-10)16-19-20-21-23(16)4/h6-9H,5H2,1,3-4H3,(H,24,25). The molecule has 0 bridgehead atoms. The van der Waals surface area contributed by atoms with Gasteiger partial charge in [0.1, 0.15) is 5.69 Å². The van der Waals surface area contributed by atoms with E-state index in [1.165, 1.54) is 0 Å². The fraction of sp³-hybridized carbons (Fsp3) is 0.235. The smallest absolute Gasteiger partial charge is 0.351 e. The number of tetrazole rings is 1. The number of aromatic carboxylic acids is 1. The third kappa shape index (κ3) is 2.55. The summed E-state index contributed by atoms with van der Waals surface area (Å²) in [6, 6.07) is 7.22. The summed E-state index contributed by atoms with van der Waals surface area (Å²) in [5.41, 5.74) is 3.15. The Balaban J connectivity index is 2.18. The molecule has 8 heteroatoms. The van der Waals surface area contributed by atoms with E-state index < -0.39 is 5.97 Å². The lowest BCUT2D eigenvalue weighted by Gasteiger charge is -2.06. The van der Waals surface area contributed by atoms with Gasteiger partial charge >= 0.3 is 5.97 Å². The van der Waals surface area contributed by atoms with Crippen LogP contribution in [0, 0.1) is 6.57 Å². The number of aryl methyl sites for hydroxylation is 1. The summed E-state index contributed by atoms with van der Waals surface area (Å²) in [6.45, 7) is 9.41. The normalized spacial score (nSPS) is 10.6. The van der Waals surface area contributed by atoms with Crippen LogP contribution in [0.25, 0.3) is 27.4 Å². The number of hydrogen-bond donors (Lipinski definition) is 1. The second-order valence-corrected chi connectivity index (χ2v) is 5.55. The fourth-order valence-electron chi connectivity index (χ4n) is 3.03. The van der Waals surface area contributed by atoms with Crippen LogP contribution in [0.15, 0.2) is 24.3 Å². The third-order valence-electron chi connectivity index (χ3n) is 4.19. The zero-order chi connectivity index (χ0) is 18.1. The van der Waals surface area contributed by atoms with Crippen molar-refractivity contribution < 1.29 is 9.90 Å². The zero-order valence-corrected chi connectivity index (χ0v) is 14.1. The van der Waals surface area contributed by atoms with E-state index in [0.29, 0.717) is 34.8 Å². The van der Waals surface area contributed by atoms with Crippen LogP contribution in [0.1, 0.15) is 23.1 Å². The summed E-state index contributed by atoms with van der Waals surface area (Å²) in [5, 5.41) is 21.0. The molecule has 0 unspecified atom stereocenters. The van der Waals surface area contributed by atoms with Crippen molar-refractivity contribution in [2.45, 2.75) is 13.3 Å². The van der Waals surface area contributed by atoms with Crippen molar-refractivity contribution in [1.29, 1.82) is 0 Å². The highest BCUT2D eigenvalue weighted by Crippen LogP contribution is 2.39. The monoisotopic (exact) mass is 336 g/mol. The van der Waals surface area contributed by atoms with Gasteiger partial charge in [0.25, 0.3) is 0 Å². The molecule has 2 heterocycles. The van der Waals surface area contributed by atoms with Gasteiger partial charge in [0.2, 0.25) is 5.69 Å². The summed E-state index contributed by atoms with van der Waals surface area (Å²) in [5.74, 6) is -0.443. The molecule has 126 valence electrons. The minimum atomic E-state index is -1.05. The van der Waals surface area contributed by atoms with Crippen molar-refractivity contribution in [3.05, 3.63) is 47.1 Å². The molecule has 1 aromatic carbocycles. The minimum absolute atomic E-state index is 0.121. The summed E-state index contributed by atoms with van der Waals surface area (Å²) < 4.78 is 3.14. The average molecular weight is 336 g/mol. The topological polar surface area (TPSA) is 90.2 Å². The van der Waals surface area contributed by atoms with Crippen LogP contribution >= 0.6 is 0 Å². The van der Waals surface area contributed by atoms with E-state index in [9.17, 15) is 9.90 Å². The Bertz CT molecular complexity index is 992. The van der Waals surface area contributed by atoms with Crippen LogP contribution in [0.5, 0.6) is 0 Å². The van der Waals surface area contributed by atoms with E-state index in [1.54, 1.807) is 35.5 Å². The molecule has 0 saturated carbocycles. The highest BCUT2D eigenvalue weighted by molar-refractivity contribution is 6.00. The number of carboxylic acids is 1. The Morgan fingerprint density at radius 1 is 1.24 bits per heavy atom. The lowest BCUT2D eigenvalue weighted by atomic mass is 10.0. The van der Waals surface area contributed by atoms with Crippen LogP contribution in [-0.4, -0.2) is 35.9 Å². The van der Waals surface area contributed by atoms with Crippen LogP contribution in [0.4, 0.5) is 5.69 Å². The Morgan fingerprint density at radius 2 is 1.88 bits per heavy atom. The van der Waals surface area contributed by atoms with Crippen molar-refractivity contribution in [2.24, 2.45) is 14.1 Å². The third-order valence-corrected chi connectivity index (χ3v) is 4.19. The van der Waals surface area contributed by atoms with Gasteiger partial charge in [-0.05, 0) is 22.4 Å². The molecule has 0 fully saturated rings. The molecular weight excluding hydrogens is 320 g/mol. The highest BCUT2D eigenvalue weighted by Gasteiger charge is 2.25. The molecule has 8 nitrogen and oxygen atoms in total. The number of carbonyl (C=O) groups is 1. The molecule has 3 aromatic rings. The molecule has 25 heavy (non-hydrogen) atoms. The van der Waals surface area contributed by atoms with Gasteiger partial charge in [-0.1, -0.05) is 31.2 Å². The van der Waals surface area contributed by atoms with Crippen molar-refractivity contribution in [3.8, 4) is 22.5 Å². The number of aromatic nitrogens is 5. The Hall–Kier alpha value is -3.47. The summed E-state index contributed by atoms with van der Waals surface area (Å²) in [4.78, 5) is 15.4. The predicted octanol–water partition coefficient (Wildman–Crippen LogP) is 2.69. The number of hydrogen-bond acceptors (Lipinski definition) is 4. The maximum atomic E-state index is 11.8. The van der Waals surface area contributed by atoms with Crippen LogP contribution in [0.3, 0.4) is 0 Å². The molecule has 0 spiro atoms. The Morgan fingerprint density at radius 3 is 2.36 bits per heavy atom. The van der Waals surface area contributed by atoms with E-state index >= 15 is 0 Å². The van der Waals surface area contributed by atoms with E-state index in [4.69, 9.17) is 6.57 Å². The number of rotatable bonds is 4. The van der Waals surface area contributed by atoms with Crippen molar-refractivity contribution in [1.82, 2.24) is 24.8 Å². The second kappa shape index (κ2) is 6.20. The first kappa shape index (κ1) is 16.4. The average Bonchev–Trinajstić information content (AvgIpc) is 3.15. The predicted molar refractivity (Wildman–Crippen MR) is 91.2 cm³/mol. The van der Waals surface area contributed by atoms with Gasteiger partial charge in [-0.2, -0.15) is 0 Å². The largest absolute Gasteiger partial charge is 0.477 e. The minimum Gasteiger partial charge on any atom is -0.477 e. The first-order valence-electron chi connectivity index (χ1n) is 7.65. The molecule has 0 aliphatic heterocycles. The van der Waals surface area contributed by atoms with Gasteiger partial charge in [-0.15, -0.1) is 5.10 Å². The quantitative estimate of drug-likeness (QED) is 0.740. The maximum Gasteiger partial charge on any atom is 0.351 e. The van der Waals surface area contributed by atoms with Crippen molar-refractivity contribution >= 4 is 11.7 Å². The number of benzene rings is 1. The molecule has 0 aliphatic carbocycles. The molecule has 2 aromatic heterocycles. The van der Waals surface area contributed by atoms with Crippen molar-refractivity contribution in [3.63, 3.8) is 0 Å².